The summed E-state index contributed by atoms with van der Waals surface area (Å²) in [5.74, 6) is -0.580. The quantitative estimate of drug-likeness (QED) is 0.262. The fraction of sp³-hybridized carbons (Fsp3) is 0.355. The molecular formula is C31H38ClN3O5S. The first-order chi connectivity index (χ1) is 19.5. The van der Waals surface area contributed by atoms with Gasteiger partial charge in [-0.1, -0.05) is 60.8 Å². The van der Waals surface area contributed by atoms with E-state index in [2.05, 4.69) is 5.32 Å². The number of amides is 2. The van der Waals surface area contributed by atoms with Gasteiger partial charge in [0.15, 0.2) is 0 Å². The summed E-state index contributed by atoms with van der Waals surface area (Å²) in [4.78, 5) is 28.6. The Bertz CT molecular complexity index is 1460. The van der Waals surface area contributed by atoms with Crippen LogP contribution in [0.25, 0.3) is 0 Å². The van der Waals surface area contributed by atoms with E-state index in [0.29, 0.717) is 22.9 Å². The molecule has 41 heavy (non-hydrogen) atoms. The lowest BCUT2D eigenvalue weighted by Crippen LogP contribution is -2.51. The topological polar surface area (TPSA) is 96.0 Å². The second-order valence-electron chi connectivity index (χ2n) is 9.97. The Morgan fingerprint density at radius 2 is 1.68 bits per heavy atom. The zero-order valence-corrected chi connectivity index (χ0v) is 25.8. The van der Waals surface area contributed by atoms with Crippen molar-refractivity contribution in [2.45, 2.75) is 58.0 Å². The molecule has 1 unspecified atom stereocenters. The highest BCUT2D eigenvalue weighted by atomic mass is 35.5. The molecule has 3 rings (SSSR count). The van der Waals surface area contributed by atoms with Crippen molar-refractivity contribution in [3.8, 4) is 5.75 Å². The summed E-state index contributed by atoms with van der Waals surface area (Å²) in [6.07, 6.45) is 1.71. The molecule has 0 fully saturated rings. The summed E-state index contributed by atoms with van der Waals surface area (Å²) in [5.41, 5.74) is 2.62. The molecule has 0 saturated heterocycles. The van der Waals surface area contributed by atoms with Crippen LogP contribution in [0, 0.1) is 13.8 Å². The predicted molar refractivity (Wildman–Crippen MR) is 163 cm³/mol. The van der Waals surface area contributed by atoms with Crippen LogP contribution in [0.3, 0.4) is 0 Å². The molecule has 220 valence electrons. The number of carbonyl (C=O) groups excluding carboxylic acids is 2. The van der Waals surface area contributed by atoms with Gasteiger partial charge in [0.1, 0.15) is 18.3 Å². The maximum atomic E-state index is 14.1. The van der Waals surface area contributed by atoms with Gasteiger partial charge in [0, 0.05) is 18.1 Å². The van der Waals surface area contributed by atoms with Crippen molar-refractivity contribution in [2.75, 3.05) is 24.5 Å². The molecule has 0 saturated carbocycles. The van der Waals surface area contributed by atoms with Crippen molar-refractivity contribution in [3.05, 3.63) is 88.4 Å². The van der Waals surface area contributed by atoms with E-state index in [4.69, 9.17) is 16.3 Å². The largest absolute Gasteiger partial charge is 0.495 e. The molecule has 10 heteroatoms. The van der Waals surface area contributed by atoms with Gasteiger partial charge in [0.25, 0.3) is 10.0 Å². The number of methoxy groups -OCH3 is 1. The van der Waals surface area contributed by atoms with Crippen LogP contribution in [-0.2, 0) is 26.2 Å². The fourth-order valence-electron chi connectivity index (χ4n) is 4.30. The zero-order chi connectivity index (χ0) is 30.2. The van der Waals surface area contributed by atoms with Crippen molar-refractivity contribution in [2.24, 2.45) is 0 Å². The lowest BCUT2D eigenvalue weighted by Gasteiger charge is -2.32. The summed E-state index contributed by atoms with van der Waals surface area (Å²) in [6.45, 7) is 7.34. The van der Waals surface area contributed by atoms with Crippen molar-refractivity contribution in [1.29, 1.82) is 0 Å². The first-order valence-electron chi connectivity index (χ1n) is 13.5. The zero-order valence-electron chi connectivity index (χ0n) is 24.2. The third-order valence-electron chi connectivity index (χ3n) is 6.73. The first kappa shape index (κ1) is 32.0. The first-order valence-corrected chi connectivity index (χ1v) is 15.4. The van der Waals surface area contributed by atoms with E-state index in [1.54, 1.807) is 61.5 Å². The van der Waals surface area contributed by atoms with E-state index in [1.165, 1.54) is 24.1 Å². The number of hydrogen-bond acceptors (Lipinski definition) is 5. The van der Waals surface area contributed by atoms with Gasteiger partial charge in [-0.2, -0.15) is 0 Å². The molecule has 8 nitrogen and oxygen atoms in total. The molecule has 0 aliphatic carbocycles. The van der Waals surface area contributed by atoms with E-state index in [0.717, 1.165) is 28.3 Å². The molecular weight excluding hydrogens is 562 g/mol. The highest BCUT2D eigenvalue weighted by Crippen LogP contribution is 2.34. The Labute approximate surface area is 248 Å². The average Bonchev–Trinajstić information content (AvgIpc) is 2.94. The second-order valence-corrected chi connectivity index (χ2v) is 12.3. The molecule has 0 bridgehead atoms. The summed E-state index contributed by atoms with van der Waals surface area (Å²) in [7, 11) is -2.76. The summed E-state index contributed by atoms with van der Waals surface area (Å²) in [6, 6.07) is 17.7. The number of unbranched alkanes of at least 4 members (excludes halogenated alkanes) is 1. The number of carbonyl (C=O) groups is 2. The highest BCUT2D eigenvalue weighted by molar-refractivity contribution is 7.92. The summed E-state index contributed by atoms with van der Waals surface area (Å²) < 4.78 is 34.7. The van der Waals surface area contributed by atoms with Crippen LogP contribution >= 0.6 is 11.6 Å². The standard InChI is InChI=1S/C31H38ClN3O5S/c1-6-7-17-33-31(37)24(4)34(20-25-9-8-10-26(32)19-25)30(36)21-35(28-18-23(3)13-16-29(28)40-5)41(38,39)27-14-11-22(2)12-15-27/h8-16,18-19,24H,6-7,17,20-21H2,1-5H3,(H,33,37). The van der Waals surface area contributed by atoms with Gasteiger partial charge in [-0.3, -0.25) is 13.9 Å². The van der Waals surface area contributed by atoms with Crippen molar-refractivity contribution < 1.29 is 22.7 Å². The number of ether oxygens (including phenoxy) is 1. The van der Waals surface area contributed by atoms with Crippen molar-refractivity contribution in [3.63, 3.8) is 0 Å². The normalized spacial score (nSPS) is 12.0. The van der Waals surface area contributed by atoms with Crippen molar-refractivity contribution >= 4 is 39.1 Å². The number of sulfonamides is 1. The van der Waals surface area contributed by atoms with Gasteiger partial charge in [-0.05, 0) is 74.7 Å². The van der Waals surface area contributed by atoms with Gasteiger partial charge in [-0.25, -0.2) is 8.42 Å². The monoisotopic (exact) mass is 599 g/mol. The Morgan fingerprint density at radius 3 is 2.32 bits per heavy atom. The molecule has 1 atom stereocenters. The Kier molecular flexibility index (Phi) is 11.2. The third kappa shape index (κ3) is 8.24. The molecule has 1 N–H and O–H groups in total. The number of aryl methyl sites for hydroxylation is 2. The number of nitrogens with one attached hydrogen (secondary N) is 1. The van der Waals surface area contributed by atoms with Gasteiger partial charge in [0.2, 0.25) is 11.8 Å². The Morgan fingerprint density at radius 1 is 1.00 bits per heavy atom. The number of nitrogens with zero attached hydrogens (tertiary/aromatic N) is 2. The lowest BCUT2D eigenvalue weighted by atomic mass is 10.1. The van der Waals surface area contributed by atoms with E-state index in [1.807, 2.05) is 20.8 Å². The van der Waals surface area contributed by atoms with Crippen LogP contribution in [0.4, 0.5) is 5.69 Å². The summed E-state index contributed by atoms with van der Waals surface area (Å²) in [5, 5.41) is 3.37. The van der Waals surface area contributed by atoms with Crippen LogP contribution < -0.4 is 14.4 Å². The predicted octanol–water partition coefficient (Wildman–Crippen LogP) is 5.49. The van der Waals surface area contributed by atoms with E-state index in [-0.39, 0.29) is 23.0 Å². The minimum Gasteiger partial charge on any atom is -0.495 e. The number of hydrogen-bond donors (Lipinski definition) is 1. The van der Waals surface area contributed by atoms with Crippen LogP contribution in [0.5, 0.6) is 5.75 Å². The molecule has 0 spiro atoms. The van der Waals surface area contributed by atoms with Crippen LogP contribution in [0.15, 0.2) is 71.6 Å². The second kappa shape index (κ2) is 14.4. The molecule has 3 aromatic rings. The number of benzene rings is 3. The van der Waals surface area contributed by atoms with Gasteiger partial charge in [-0.15, -0.1) is 0 Å². The maximum absolute atomic E-state index is 14.1. The van der Waals surface area contributed by atoms with E-state index < -0.39 is 28.5 Å². The smallest absolute Gasteiger partial charge is 0.264 e. The SMILES string of the molecule is CCCCNC(=O)C(C)N(Cc1cccc(Cl)c1)C(=O)CN(c1cc(C)ccc1OC)S(=O)(=O)c1ccc(C)cc1. The molecule has 0 radical (unpaired) electrons. The molecule has 0 aromatic heterocycles. The number of anilines is 1. The molecule has 3 aromatic carbocycles. The molecule has 0 aliphatic heterocycles. The minimum atomic E-state index is -4.21. The van der Waals surface area contributed by atoms with Crippen LogP contribution in [0.1, 0.15) is 43.4 Å². The molecule has 0 heterocycles. The van der Waals surface area contributed by atoms with Gasteiger partial charge >= 0.3 is 0 Å². The third-order valence-corrected chi connectivity index (χ3v) is 8.74. The van der Waals surface area contributed by atoms with E-state index in [9.17, 15) is 18.0 Å². The van der Waals surface area contributed by atoms with E-state index >= 15 is 0 Å². The highest BCUT2D eigenvalue weighted by Gasteiger charge is 2.34. The molecule has 2 amide bonds. The van der Waals surface area contributed by atoms with Crippen LogP contribution in [0.2, 0.25) is 5.02 Å². The average molecular weight is 600 g/mol. The minimum absolute atomic E-state index is 0.0335. The fourth-order valence-corrected chi connectivity index (χ4v) is 5.93. The maximum Gasteiger partial charge on any atom is 0.264 e. The van der Waals surface area contributed by atoms with Crippen LogP contribution in [-0.4, -0.2) is 51.4 Å². The molecule has 0 aliphatic rings. The number of halogens is 1. The van der Waals surface area contributed by atoms with Gasteiger partial charge in [0.05, 0.1) is 17.7 Å². The summed E-state index contributed by atoms with van der Waals surface area (Å²) >= 11 is 6.20. The Balaban J connectivity index is 2.07. The lowest BCUT2D eigenvalue weighted by molar-refractivity contribution is -0.139. The van der Waals surface area contributed by atoms with Crippen molar-refractivity contribution in [1.82, 2.24) is 10.2 Å². The Hall–Kier alpha value is -3.56. The van der Waals surface area contributed by atoms with Gasteiger partial charge < -0.3 is 15.0 Å². The number of rotatable bonds is 13.